The second-order valence-electron chi connectivity index (χ2n) is 9.15. The number of aryl methyl sites for hydroxylation is 2. The average Bonchev–Trinajstić information content (AvgIpc) is 3.37. The molecule has 0 saturated carbocycles. The van der Waals surface area contributed by atoms with Crippen molar-refractivity contribution in [2.24, 2.45) is 0 Å². The fourth-order valence-electron chi connectivity index (χ4n) is 4.60. The number of nitrogens with one attached hydrogen (secondary N) is 1. The Kier molecular flexibility index (Phi) is 9.19. The number of carbonyl (C=O) groups is 2. The maximum absolute atomic E-state index is 14.1. The molecule has 2 atom stereocenters. The van der Waals surface area contributed by atoms with Crippen LogP contribution in [0.1, 0.15) is 71.5 Å². The van der Waals surface area contributed by atoms with Crippen LogP contribution in [0.5, 0.6) is 0 Å². The highest BCUT2D eigenvalue weighted by atomic mass is 32.1. The summed E-state index contributed by atoms with van der Waals surface area (Å²) in [5, 5.41) is 12.9. The van der Waals surface area contributed by atoms with Crippen LogP contribution in [-0.4, -0.2) is 41.7 Å². The molecule has 0 bridgehead atoms. The number of ether oxygens (including phenoxy) is 1. The summed E-state index contributed by atoms with van der Waals surface area (Å²) in [7, 11) is 1.33. The van der Waals surface area contributed by atoms with Crippen LogP contribution in [0.25, 0.3) is 0 Å². The fraction of sp³-hybridized carbons (Fsp3) is 0.538. The Morgan fingerprint density at radius 1 is 1.09 bits per heavy atom. The van der Waals surface area contributed by atoms with Gasteiger partial charge in [-0.3, -0.25) is 4.79 Å². The molecule has 0 aliphatic carbocycles. The molecule has 2 unspecified atom stereocenters. The molecule has 0 radical (unpaired) electrons. The van der Waals surface area contributed by atoms with Gasteiger partial charge < -0.3 is 15.2 Å². The van der Waals surface area contributed by atoms with E-state index in [-0.39, 0.29) is 5.97 Å². The number of thiophene rings is 1. The molecule has 1 aliphatic rings. The monoisotopic (exact) mass is 493 g/mol. The Labute approximate surface area is 203 Å². The number of unbranched alkanes of at least 4 members (excludes halogenated alkanes) is 1. The zero-order valence-corrected chi connectivity index (χ0v) is 20.3. The number of carbonyl (C=O) groups excluding carboxylic acids is 2. The molecule has 1 saturated heterocycles. The first kappa shape index (κ1) is 26.3. The van der Waals surface area contributed by atoms with Gasteiger partial charge in [-0.1, -0.05) is 43.2 Å². The van der Waals surface area contributed by atoms with E-state index in [0.29, 0.717) is 56.2 Å². The lowest BCUT2D eigenvalue weighted by Crippen LogP contribution is -2.41. The molecule has 1 aliphatic heterocycles. The van der Waals surface area contributed by atoms with Crippen molar-refractivity contribution in [3.05, 3.63) is 57.8 Å². The first-order chi connectivity index (χ1) is 16.2. The molecular formula is C26H33F2NO4S. The Morgan fingerprint density at radius 3 is 2.50 bits per heavy atom. The molecule has 0 spiro atoms. The van der Waals surface area contributed by atoms with Gasteiger partial charge in [0, 0.05) is 16.8 Å². The number of benzene rings is 1. The Bertz CT molecular complexity index is 949. The standard InChI is InChI=1S/C26H33F2NO4S/c1-33-23(31)22-15-14-21(34-22)11-7-17-25(18-26(27,28)24(32)29-25)16-6-5-10-20(30)13-12-19-8-3-2-4-9-19/h2-4,8-9,14-15,20,30H,5-7,10-13,16-18H2,1H3,(H,29,32). The predicted octanol–water partition coefficient (Wildman–Crippen LogP) is 5.31. The van der Waals surface area contributed by atoms with E-state index in [1.54, 1.807) is 6.07 Å². The Balaban J connectivity index is 1.46. The third-order valence-corrected chi connectivity index (χ3v) is 7.57. The van der Waals surface area contributed by atoms with Crippen molar-refractivity contribution in [3.63, 3.8) is 0 Å². The number of alkyl halides is 2. The minimum absolute atomic E-state index is 0.388. The molecule has 186 valence electrons. The number of amides is 1. The van der Waals surface area contributed by atoms with E-state index in [2.05, 4.69) is 5.32 Å². The van der Waals surface area contributed by atoms with E-state index < -0.39 is 29.9 Å². The van der Waals surface area contributed by atoms with E-state index >= 15 is 0 Å². The number of hydrogen-bond acceptors (Lipinski definition) is 5. The number of hydrogen-bond donors (Lipinski definition) is 2. The summed E-state index contributed by atoms with van der Waals surface area (Å²) >= 11 is 1.34. The minimum Gasteiger partial charge on any atom is -0.465 e. The van der Waals surface area contributed by atoms with Gasteiger partial charge in [-0.05, 0) is 62.6 Å². The number of rotatable bonds is 13. The van der Waals surface area contributed by atoms with Gasteiger partial charge >= 0.3 is 11.9 Å². The van der Waals surface area contributed by atoms with Gasteiger partial charge in [-0.2, -0.15) is 8.78 Å². The summed E-state index contributed by atoms with van der Waals surface area (Å²) in [5.41, 5.74) is 0.249. The highest BCUT2D eigenvalue weighted by Gasteiger charge is 2.55. The number of halogens is 2. The number of aliphatic hydroxyl groups excluding tert-OH is 1. The summed E-state index contributed by atoms with van der Waals surface area (Å²) in [6.07, 6.45) is 4.68. The van der Waals surface area contributed by atoms with E-state index in [9.17, 15) is 23.5 Å². The second-order valence-corrected chi connectivity index (χ2v) is 10.3. The first-order valence-electron chi connectivity index (χ1n) is 11.8. The van der Waals surface area contributed by atoms with Gasteiger partial charge in [-0.15, -0.1) is 11.3 Å². The second kappa shape index (κ2) is 11.9. The largest absolute Gasteiger partial charge is 0.465 e. The molecule has 1 aromatic carbocycles. The molecule has 2 heterocycles. The van der Waals surface area contributed by atoms with Gasteiger partial charge in [0.15, 0.2) is 0 Å². The van der Waals surface area contributed by atoms with Crippen LogP contribution in [0.4, 0.5) is 8.78 Å². The zero-order valence-electron chi connectivity index (χ0n) is 19.5. The van der Waals surface area contributed by atoms with Gasteiger partial charge in [0.1, 0.15) is 4.88 Å². The van der Waals surface area contributed by atoms with Gasteiger partial charge in [-0.25, -0.2) is 4.79 Å². The van der Waals surface area contributed by atoms with Crippen molar-refractivity contribution in [1.29, 1.82) is 0 Å². The van der Waals surface area contributed by atoms with Crippen molar-refractivity contribution in [2.75, 3.05) is 7.11 Å². The van der Waals surface area contributed by atoms with Crippen molar-refractivity contribution < 1.29 is 28.2 Å². The van der Waals surface area contributed by atoms with Crippen LogP contribution in [0.2, 0.25) is 0 Å². The zero-order chi connectivity index (χ0) is 24.6. The Hall–Kier alpha value is -2.32. The van der Waals surface area contributed by atoms with Crippen molar-refractivity contribution >= 4 is 23.2 Å². The smallest absolute Gasteiger partial charge is 0.348 e. The maximum Gasteiger partial charge on any atom is 0.348 e. The number of esters is 1. The normalized spacial score (nSPS) is 20.2. The highest BCUT2D eigenvalue weighted by molar-refractivity contribution is 7.13. The Morgan fingerprint density at radius 2 is 1.82 bits per heavy atom. The van der Waals surface area contributed by atoms with Gasteiger partial charge in [0.25, 0.3) is 5.91 Å². The van der Waals surface area contributed by atoms with E-state index in [0.717, 1.165) is 11.3 Å². The molecule has 1 aromatic heterocycles. The summed E-state index contributed by atoms with van der Waals surface area (Å²) in [6, 6.07) is 13.5. The van der Waals surface area contributed by atoms with Crippen molar-refractivity contribution in [2.45, 2.75) is 81.8 Å². The van der Waals surface area contributed by atoms with Crippen LogP contribution in [-0.2, 0) is 22.4 Å². The molecule has 1 fully saturated rings. The first-order valence-corrected chi connectivity index (χ1v) is 12.6. The van der Waals surface area contributed by atoms with Crippen LogP contribution in [0, 0.1) is 0 Å². The highest BCUT2D eigenvalue weighted by Crippen LogP contribution is 2.40. The lowest BCUT2D eigenvalue weighted by Gasteiger charge is -2.29. The third kappa shape index (κ3) is 7.34. The number of aliphatic hydroxyl groups is 1. The molecular weight excluding hydrogens is 460 g/mol. The van der Waals surface area contributed by atoms with E-state index in [1.807, 2.05) is 36.4 Å². The average molecular weight is 494 g/mol. The van der Waals surface area contributed by atoms with Crippen molar-refractivity contribution in [3.8, 4) is 0 Å². The van der Waals surface area contributed by atoms with Crippen LogP contribution in [0.3, 0.4) is 0 Å². The topological polar surface area (TPSA) is 75.6 Å². The molecule has 8 heteroatoms. The maximum atomic E-state index is 14.1. The molecule has 5 nitrogen and oxygen atoms in total. The summed E-state index contributed by atoms with van der Waals surface area (Å²) in [6.45, 7) is 0. The van der Waals surface area contributed by atoms with Crippen molar-refractivity contribution in [1.82, 2.24) is 5.32 Å². The van der Waals surface area contributed by atoms with E-state index in [1.165, 1.54) is 24.0 Å². The lowest BCUT2D eigenvalue weighted by atomic mass is 9.84. The molecule has 3 rings (SSSR count). The lowest BCUT2D eigenvalue weighted by molar-refractivity contribution is -0.139. The van der Waals surface area contributed by atoms with E-state index in [4.69, 9.17) is 4.74 Å². The van der Waals surface area contributed by atoms with Crippen LogP contribution >= 0.6 is 11.3 Å². The summed E-state index contributed by atoms with van der Waals surface area (Å²) < 4.78 is 32.9. The predicted molar refractivity (Wildman–Crippen MR) is 128 cm³/mol. The van der Waals surface area contributed by atoms with Crippen LogP contribution in [0.15, 0.2) is 42.5 Å². The number of methoxy groups -OCH3 is 1. The third-order valence-electron chi connectivity index (χ3n) is 6.45. The molecule has 2 aromatic rings. The van der Waals surface area contributed by atoms with Gasteiger partial charge in [0.2, 0.25) is 0 Å². The molecule has 2 N–H and O–H groups in total. The van der Waals surface area contributed by atoms with Gasteiger partial charge in [0.05, 0.1) is 13.2 Å². The minimum atomic E-state index is -3.35. The summed E-state index contributed by atoms with van der Waals surface area (Å²) in [5.74, 6) is -4.93. The fourth-order valence-corrected chi connectivity index (χ4v) is 5.57. The molecule has 34 heavy (non-hydrogen) atoms. The quantitative estimate of drug-likeness (QED) is 0.293. The van der Waals surface area contributed by atoms with Crippen LogP contribution < -0.4 is 5.32 Å². The summed E-state index contributed by atoms with van der Waals surface area (Å²) in [4.78, 5) is 25.0. The molecule has 1 amide bonds. The SMILES string of the molecule is COC(=O)c1ccc(CCCC2(CCCCC(O)CCc3ccccc3)CC(F)(F)C(=O)N2)s1.